The van der Waals surface area contributed by atoms with Gasteiger partial charge in [0.25, 0.3) is 0 Å². The monoisotopic (exact) mass is 157 g/mol. The molecule has 64 valence electrons. The first-order valence-electron chi connectivity index (χ1n) is 4.29. The summed E-state index contributed by atoms with van der Waals surface area (Å²) in [7, 11) is 6.67. The Morgan fingerprint density at radius 2 is 2.09 bits per heavy atom. The highest BCUT2D eigenvalue weighted by Crippen LogP contribution is 2.35. The van der Waals surface area contributed by atoms with Gasteiger partial charge in [-0.1, -0.05) is 0 Å². The Bertz CT molecular complexity index is 164. The highest BCUT2D eigenvalue weighted by atomic mass is 16.5. The van der Waals surface area contributed by atoms with Gasteiger partial charge in [0.2, 0.25) is 0 Å². The number of morpholine rings is 1. The second kappa shape index (κ2) is 2.19. The molecule has 1 aliphatic carbocycles. The Hall–Kier alpha value is -0.120. The van der Waals surface area contributed by atoms with Crippen LogP contribution in [0.2, 0.25) is 0 Å². The van der Waals surface area contributed by atoms with Gasteiger partial charge in [0.1, 0.15) is 0 Å². The third-order valence-electron chi connectivity index (χ3n) is 2.51. The lowest BCUT2D eigenvalue weighted by molar-refractivity contribution is -0.990. The summed E-state index contributed by atoms with van der Waals surface area (Å²) < 4.78 is 6.47. The smallest absolute Gasteiger partial charge is 0.0874 e. The summed E-state index contributed by atoms with van der Waals surface area (Å²) >= 11 is 0. The van der Waals surface area contributed by atoms with Crippen molar-refractivity contribution in [2.75, 3.05) is 34.3 Å². The maximum Gasteiger partial charge on any atom is 0.0874 e. The van der Waals surface area contributed by atoms with Gasteiger partial charge in [0, 0.05) is 0 Å². The maximum absolute atomic E-state index is 5.53. The van der Waals surface area contributed by atoms with Crippen LogP contribution in [0.25, 0.3) is 0 Å². The fourth-order valence-electron chi connectivity index (χ4n) is 1.86. The Morgan fingerprint density at radius 3 is 2.64 bits per heavy atom. The normalized spacial score (nSPS) is 38.5. The van der Waals surface area contributed by atoms with Crippen LogP contribution in [0.3, 0.4) is 0 Å². The van der Waals surface area contributed by atoms with Crippen molar-refractivity contribution in [2.45, 2.75) is 18.6 Å². The van der Waals surface area contributed by atoms with E-state index in [9.17, 15) is 0 Å². The standard InChI is InChI=1S/C8H17N2O/c1-10(2,3)9-4-5-11-8-6-7(8)9/h7-8H,4-6H2,1-3H3/q+1. The summed E-state index contributed by atoms with van der Waals surface area (Å²) in [5.41, 5.74) is 0. The number of rotatable bonds is 1. The summed E-state index contributed by atoms with van der Waals surface area (Å²) in [5, 5.41) is 2.51. The topological polar surface area (TPSA) is 12.5 Å². The first kappa shape index (κ1) is 7.53. The van der Waals surface area contributed by atoms with Crippen LogP contribution < -0.4 is 0 Å². The molecule has 11 heavy (non-hydrogen) atoms. The molecule has 0 amide bonds. The van der Waals surface area contributed by atoms with E-state index in [2.05, 4.69) is 26.2 Å². The zero-order valence-corrected chi connectivity index (χ0v) is 7.58. The van der Waals surface area contributed by atoms with Crippen molar-refractivity contribution in [1.29, 1.82) is 0 Å². The highest BCUT2D eigenvalue weighted by molar-refractivity contribution is 4.96. The van der Waals surface area contributed by atoms with Crippen molar-refractivity contribution >= 4 is 0 Å². The molecule has 1 heterocycles. The van der Waals surface area contributed by atoms with Crippen molar-refractivity contribution < 1.29 is 9.33 Å². The largest absolute Gasteiger partial charge is 0.375 e. The number of fused-ring (bicyclic) bond motifs is 1. The van der Waals surface area contributed by atoms with Crippen LogP contribution in [-0.2, 0) is 4.74 Å². The van der Waals surface area contributed by atoms with E-state index in [-0.39, 0.29) is 0 Å². The van der Waals surface area contributed by atoms with Gasteiger partial charge >= 0.3 is 0 Å². The number of hydrogen-bond acceptors (Lipinski definition) is 2. The van der Waals surface area contributed by atoms with Gasteiger partial charge in [-0.25, -0.2) is 0 Å². The molecule has 0 aromatic carbocycles. The zero-order chi connectivity index (χ0) is 8.06. The number of quaternary nitrogens is 1. The first-order chi connectivity index (χ1) is 5.09. The van der Waals surface area contributed by atoms with E-state index in [0.29, 0.717) is 12.1 Å². The third kappa shape index (κ3) is 1.28. The van der Waals surface area contributed by atoms with Gasteiger partial charge in [-0.3, -0.25) is 4.59 Å². The van der Waals surface area contributed by atoms with Crippen LogP contribution in [0.5, 0.6) is 0 Å². The molecule has 2 fully saturated rings. The lowest BCUT2D eigenvalue weighted by atomic mass is 10.5. The van der Waals surface area contributed by atoms with Gasteiger partial charge in [0.05, 0.1) is 46.4 Å². The Labute approximate surface area is 68.1 Å². The molecule has 2 aliphatic rings. The van der Waals surface area contributed by atoms with Crippen LogP contribution in [-0.4, -0.2) is 56.0 Å². The molecule has 0 spiro atoms. The predicted octanol–water partition coefficient (Wildman–Crippen LogP) is 0.0807. The van der Waals surface area contributed by atoms with Crippen LogP contribution in [0.15, 0.2) is 0 Å². The molecule has 3 nitrogen and oxygen atoms in total. The SMILES string of the molecule is C[N+](C)(C)N1CCOC2CC21. The minimum Gasteiger partial charge on any atom is -0.375 e. The molecule has 0 aromatic rings. The van der Waals surface area contributed by atoms with Crippen LogP contribution >= 0.6 is 0 Å². The first-order valence-corrected chi connectivity index (χ1v) is 4.29. The minimum atomic E-state index is 0.557. The third-order valence-corrected chi connectivity index (χ3v) is 2.51. The van der Waals surface area contributed by atoms with E-state index < -0.39 is 0 Å². The highest BCUT2D eigenvalue weighted by Gasteiger charge is 2.50. The summed E-state index contributed by atoms with van der Waals surface area (Å²) in [6.45, 7) is 2.00. The lowest BCUT2D eigenvalue weighted by Crippen LogP contribution is -2.56. The number of nitrogens with zero attached hydrogens (tertiary/aromatic N) is 2. The summed E-state index contributed by atoms with van der Waals surface area (Å²) in [6, 6.07) is 0.712. The average molecular weight is 157 g/mol. The molecule has 2 rings (SSSR count). The van der Waals surface area contributed by atoms with Crippen molar-refractivity contribution in [3.63, 3.8) is 0 Å². The molecule has 1 saturated carbocycles. The molecule has 2 unspecified atom stereocenters. The Kier molecular flexibility index (Phi) is 1.50. The molecular weight excluding hydrogens is 140 g/mol. The quantitative estimate of drug-likeness (QED) is 0.500. The average Bonchev–Trinajstić information content (AvgIpc) is 2.60. The van der Waals surface area contributed by atoms with E-state index in [0.717, 1.165) is 17.7 Å². The van der Waals surface area contributed by atoms with Gasteiger partial charge < -0.3 is 4.74 Å². The predicted molar refractivity (Wildman–Crippen MR) is 42.9 cm³/mol. The van der Waals surface area contributed by atoms with Gasteiger partial charge in [-0.15, -0.1) is 5.01 Å². The second-order valence-corrected chi connectivity index (χ2v) is 4.32. The molecule has 1 saturated heterocycles. The molecular formula is C8H17N2O+. The van der Waals surface area contributed by atoms with Crippen molar-refractivity contribution in [3.8, 4) is 0 Å². The molecule has 0 N–H and O–H groups in total. The fourth-order valence-corrected chi connectivity index (χ4v) is 1.86. The molecule has 1 aliphatic heterocycles. The van der Waals surface area contributed by atoms with E-state index in [4.69, 9.17) is 4.74 Å². The summed E-state index contributed by atoms with van der Waals surface area (Å²) in [4.78, 5) is 0. The second-order valence-electron chi connectivity index (χ2n) is 4.32. The van der Waals surface area contributed by atoms with Gasteiger partial charge in [0.15, 0.2) is 0 Å². The fraction of sp³-hybridized carbons (Fsp3) is 1.00. The maximum atomic E-state index is 5.53. The Morgan fingerprint density at radius 1 is 1.36 bits per heavy atom. The van der Waals surface area contributed by atoms with Crippen molar-refractivity contribution in [1.82, 2.24) is 5.01 Å². The molecule has 0 aromatic heterocycles. The van der Waals surface area contributed by atoms with E-state index in [1.165, 1.54) is 6.42 Å². The minimum absolute atomic E-state index is 0.557. The van der Waals surface area contributed by atoms with Gasteiger partial charge in [-0.2, -0.15) is 0 Å². The molecule has 2 atom stereocenters. The molecule has 0 radical (unpaired) electrons. The van der Waals surface area contributed by atoms with Crippen LogP contribution in [0.4, 0.5) is 0 Å². The zero-order valence-electron chi connectivity index (χ0n) is 7.58. The van der Waals surface area contributed by atoms with E-state index >= 15 is 0 Å². The molecule has 0 bridgehead atoms. The lowest BCUT2D eigenvalue weighted by Gasteiger charge is -2.38. The molecule has 3 heteroatoms. The number of hydrogen-bond donors (Lipinski definition) is 0. The Balaban J connectivity index is 2.03. The van der Waals surface area contributed by atoms with Crippen molar-refractivity contribution in [3.05, 3.63) is 0 Å². The van der Waals surface area contributed by atoms with Crippen LogP contribution in [0, 0.1) is 0 Å². The summed E-state index contributed by atoms with van der Waals surface area (Å²) in [6.07, 6.45) is 1.80. The van der Waals surface area contributed by atoms with E-state index in [1.54, 1.807) is 0 Å². The number of ether oxygens (including phenoxy) is 1. The van der Waals surface area contributed by atoms with Crippen molar-refractivity contribution in [2.24, 2.45) is 0 Å². The van der Waals surface area contributed by atoms with Gasteiger partial charge in [-0.05, 0) is 6.42 Å². The van der Waals surface area contributed by atoms with Crippen LogP contribution in [0.1, 0.15) is 6.42 Å². The van der Waals surface area contributed by atoms with E-state index in [1.807, 2.05) is 0 Å². The summed E-state index contributed by atoms with van der Waals surface area (Å²) in [5.74, 6) is 0.